The van der Waals surface area contributed by atoms with Crippen LogP contribution in [0.1, 0.15) is 17.2 Å². The van der Waals surface area contributed by atoms with Crippen LogP contribution in [0.25, 0.3) is 6.08 Å². The van der Waals surface area contributed by atoms with Crippen molar-refractivity contribution >= 4 is 12.0 Å². The first-order valence-corrected chi connectivity index (χ1v) is 8.36. The lowest BCUT2D eigenvalue weighted by atomic mass is 10.1. The fourth-order valence-electron chi connectivity index (χ4n) is 2.47. The Balaban J connectivity index is 1.98. The second kappa shape index (κ2) is 10.0. The van der Waals surface area contributed by atoms with E-state index in [0.717, 1.165) is 11.1 Å². The molecule has 1 unspecified atom stereocenters. The van der Waals surface area contributed by atoms with E-state index in [0.29, 0.717) is 12.3 Å². The van der Waals surface area contributed by atoms with E-state index in [1.54, 1.807) is 18.2 Å². The normalized spacial score (nSPS) is 11.9. The molecule has 0 aliphatic rings. The summed E-state index contributed by atoms with van der Waals surface area (Å²) in [4.78, 5) is 14.4. The molecular weight excluding hydrogens is 326 g/mol. The molecule has 2 aromatic carbocycles. The SMILES string of the molecule is CN(C)CC(NC(=O)/C=C/c1ccc(OCC#N)cc1)c1ccccc1. The molecule has 1 amide bonds. The molecule has 2 rings (SSSR count). The summed E-state index contributed by atoms with van der Waals surface area (Å²) < 4.78 is 5.21. The molecule has 2 aromatic rings. The lowest BCUT2D eigenvalue weighted by Crippen LogP contribution is -2.34. The average Bonchev–Trinajstić information content (AvgIpc) is 2.65. The largest absolute Gasteiger partial charge is 0.479 e. The molecule has 0 radical (unpaired) electrons. The number of nitrogens with one attached hydrogen (secondary N) is 1. The van der Waals surface area contributed by atoms with Gasteiger partial charge in [0.15, 0.2) is 6.61 Å². The van der Waals surface area contributed by atoms with E-state index in [1.807, 2.05) is 67.5 Å². The zero-order valence-corrected chi connectivity index (χ0v) is 15.1. The van der Waals surface area contributed by atoms with Gasteiger partial charge in [-0.25, -0.2) is 0 Å². The van der Waals surface area contributed by atoms with Crippen molar-refractivity contribution in [3.63, 3.8) is 0 Å². The second-order valence-corrected chi connectivity index (χ2v) is 6.08. The average molecular weight is 349 g/mol. The molecule has 0 aromatic heterocycles. The van der Waals surface area contributed by atoms with Crippen LogP contribution in [0.5, 0.6) is 5.75 Å². The third-order valence-corrected chi connectivity index (χ3v) is 3.68. The highest BCUT2D eigenvalue weighted by atomic mass is 16.5. The Morgan fingerprint density at radius 3 is 2.50 bits per heavy atom. The molecular formula is C21H23N3O2. The number of rotatable bonds is 8. The van der Waals surface area contributed by atoms with Gasteiger partial charge in [0.25, 0.3) is 0 Å². The second-order valence-electron chi connectivity index (χ2n) is 6.08. The van der Waals surface area contributed by atoms with Gasteiger partial charge in [-0.15, -0.1) is 0 Å². The van der Waals surface area contributed by atoms with E-state index in [1.165, 1.54) is 6.08 Å². The van der Waals surface area contributed by atoms with E-state index >= 15 is 0 Å². The van der Waals surface area contributed by atoms with Gasteiger partial charge < -0.3 is 15.0 Å². The van der Waals surface area contributed by atoms with Crippen LogP contribution in [-0.4, -0.2) is 38.1 Å². The number of ether oxygens (including phenoxy) is 1. The number of hydrogen-bond acceptors (Lipinski definition) is 4. The van der Waals surface area contributed by atoms with Crippen LogP contribution in [0.3, 0.4) is 0 Å². The van der Waals surface area contributed by atoms with Gasteiger partial charge in [-0.3, -0.25) is 4.79 Å². The van der Waals surface area contributed by atoms with Crippen molar-refractivity contribution in [3.8, 4) is 11.8 Å². The van der Waals surface area contributed by atoms with Crippen LogP contribution >= 0.6 is 0 Å². The number of nitrogens with zero attached hydrogens (tertiary/aromatic N) is 2. The third-order valence-electron chi connectivity index (χ3n) is 3.68. The summed E-state index contributed by atoms with van der Waals surface area (Å²) in [7, 11) is 3.96. The Morgan fingerprint density at radius 2 is 1.88 bits per heavy atom. The molecule has 134 valence electrons. The number of benzene rings is 2. The lowest BCUT2D eigenvalue weighted by Gasteiger charge is -2.22. The highest BCUT2D eigenvalue weighted by Crippen LogP contribution is 2.15. The molecule has 0 aliphatic carbocycles. The molecule has 0 bridgehead atoms. The van der Waals surface area contributed by atoms with Gasteiger partial charge in [0.1, 0.15) is 11.8 Å². The van der Waals surface area contributed by atoms with E-state index in [9.17, 15) is 4.79 Å². The van der Waals surface area contributed by atoms with Crippen LogP contribution in [0.15, 0.2) is 60.7 Å². The maximum absolute atomic E-state index is 12.3. The molecule has 0 heterocycles. The Kier molecular flexibility index (Phi) is 7.41. The molecule has 1 N–H and O–H groups in total. The van der Waals surface area contributed by atoms with Gasteiger partial charge in [0, 0.05) is 12.6 Å². The lowest BCUT2D eigenvalue weighted by molar-refractivity contribution is -0.117. The molecule has 5 heteroatoms. The van der Waals surface area contributed by atoms with E-state index in [-0.39, 0.29) is 18.6 Å². The standard InChI is InChI=1S/C21H23N3O2/c1-24(2)16-20(18-6-4-3-5-7-18)23-21(25)13-10-17-8-11-19(12-9-17)26-15-14-22/h3-13,20H,15-16H2,1-2H3,(H,23,25)/b13-10+. The highest BCUT2D eigenvalue weighted by molar-refractivity contribution is 5.92. The van der Waals surface area contributed by atoms with Crippen LogP contribution in [0.2, 0.25) is 0 Å². The molecule has 0 aliphatic heterocycles. The van der Waals surface area contributed by atoms with E-state index in [4.69, 9.17) is 10.00 Å². The number of nitriles is 1. The molecule has 1 atom stereocenters. The predicted molar refractivity (Wildman–Crippen MR) is 102 cm³/mol. The maximum Gasteiger partial charge on any atom is 0.244 e. The minimum Gasteiger partial charge on any atom is -0.479 e. The van der Waals surface area contributed by atoms with Gasteiger partial charge >= 0.3 is 0 Å². The van der Waals surface area contributed by atoms with Crippen LogP contribution in [0.4, 0.5) is 0 Å². The number of likely N-dealkylation sites (N-methyl/N-ethyl adjacent to an activating group) is 1. The fraction of sp³-hybridized carbons (Fsp3) is 0.238. The predicted octanol–water partition coefficient (Wildman–Crippen LogP) is 3.02. The first kappa shape index (κ1) is 19.2. The first-order valence-electron chi connectivity index (χ1n) is 8.36. The number of hydrogen-bond donors (Lipinski definition) is 1. The van der Waals surface area contributed by atoms with E-state index < -0.39 is 0 Å². The topological polar surface area (TPSA) is 65.4 Å². The number of carbonyl (C=O) groups is 1. The Hall–Kier alpha value is -3.10. The van der Waals surface area contributed by atoms with Crippen molar-refractivity contribution in [1.29, 1.82) is 5.26 Å². The minimum absolute atomic E-state index is 0.0182. The molecule has 0 spiro atoms. The molecule has 0 saturated heterocycles. The highest BCUT2D eigenvalue weighted by Gasteiger charge is 2.13. The van der Waals surface area contributed by atoms with Crippen LogP contribution in [-0.2, 0) is 4.79 Å². The molecule has 0 saturated carbocycles. The summed E-state index contributed by atoms with van der Waals surface area (Å²) >= 11 is 0. The smallest absolute Gasteiger partial charge is 0.244 e. The summed E-state index contributed by atoms with van der Waals surface area (Å²) in [6.45, 7) is 0.735. The van der Waals surface area contributed by atoms with Crippen molar-refractivity contribution in [2.45, 2.75) is 6.04 Å². The summed E-state index contributed by atoms with van der Waals surface area (Å²) in [5.41, 5.74) is 1.95. The third kappa shape index (κ3) is 6.42. The van der Waals surface area contributed by atoms with Crippen LogP contribution in [0, 0.1) is 11.3 Å². The minimum atomic E-state index is -0.148. The number of carbonyl (C=O) groups excluding carboxylic acids is 1. The van der Waals surface area contributed by atoms with Gasteiger partial charge in [0.05, 0.1) is 6.04 Å². The van der Waals surface area contributed by atoms with Gasteiger partial charge in [-0.1, -0.05) is 42.5 Å². The molecule has 5 nitrogen and oxygen atoms in total. The Labute approximate surface area is 154 Å². The van der Waals surface area contributed by atoms with Crippen molar-refractivity contribution in [2.75, 3.05) is 27.2 Å². The molecule has 0 fully saturated rings. The van der Waals surface area contributed by atoms with Crippen molar-refractivity contribution < 1.29 is 9.53 Å². The van der Waals surface area contributed by atoms with Gasteiger partial charge in [-0.2, -0.15) is 5.26 Å². The van der Waals surface area contributed by atoms with Gasteiger partial charge in [-0.05, 0) is 43.4 Å². The first-order chi connectivity index (χ1) is 12.6. The number of amides is 1. The monoisotopic (exact) mass is 349 g/mol. The quantitative estimate of drug-likeness (QED) is 0.744. The van der Waals surface area contributed by atoms with E-state index in [2.05, 4.69) is 5.32 Å². The summed E-state index contributed by atoms with van der Waals surface area (Å²) in [6, 6.07) is 19.0. The van der Waals surface area contributed by atoms with Crippen molar-refractivity contribution in [3.05, 3.63) is 71.8 Å². The van der Waals surface area contributed by atoms with Crippen molar-refractivity contribution in [1.82, 2.24) is 10.2 Å². The zero-order chi connectivity index (χ0) is 18.8. The maximum atomic E-state index is 12.3. The zero-order valence-electron chi connectivity index (χ0n) is 15.1. The summed E-state index contributed by atoms with van der Waals surface area (Å²) in [5.74, 6) is 0.480. The fourth-order valence-corrected chi connectivity index (χ4v) is 2.47. The van der Waals surface area contributed by atoms with Gasteiger partial charge in [0.2, 0.25) is 5.91 Å². The van der Waals surface area contributed by atoms with Crippen LogP contribution < -0.4 is 10.1 Å². The van der Waals surface area contributed by atoms with Crippen molar-refractivity contribution in [2.24, 2.45) is 0 Å². The Morgan fingerprint density at radius 1 is 1.19 bits per heavy atom. The summed E-state index contributed by atoms with van der Waals surface area (Å²) in [5, 5.41) is 11.5. The summed E-state index contributed by atoms with van der Waals surface area (Å²) in [6.07, 6.45) is 3.28. The molecule has 26 heavy (non-hydrogen) atoms. The Bertz CT molecular complexity index is 762.